The van der Waals surface area contributed by atoms with Crippen LogP contribution in [0.15, 0.2) is 63.5 Å². The Kier molecular flexibility index (Phi) is 6.65. The molecule has 0 saturated heterocycles. The summed E-state index contributed by atoms with van der Waals surface area (Å²) in [6.07, 6.45) is 3.33. The number of halogens is 2. The summed E-state index contributed by atoms with van der Waals surface area (Å²) >= 11 is 9.61. The van der Waals surface area contributed by atoms with E-state index in [1.54, 1.807) is 23.1 Å². The lowest BCUT2D eigenvalue weighted by Gasteiger charge is -2.23. The zero-order valence-corrected chi connectivity index (χ0v) is 17.8. The number of aromatic nitrogens is 2. The number of carbonyl (C=O) groups excluding carboxylic acids is 1. The van der Waals surface area contributed by atoms with Crippen LogP contribution in [0.5, 0.6) is 0 Å². The lowest BCUT2D eigenvalue weighted by Crippen LogP contribution is -2.35. The van der Waals surface area contributed by atoms with Gasteiger partial charge >= 0.3 is 0 Å². The molecule has 3 aromatic rings. The minimum atomic E-state index is -0.132. The van der Waals surface area contributed by atoms with Gasteiger partial charge < -0.3 is 9.32 Å². The Morgan fingerprint density at radius 2 is 2.00 bits per heavy atom. The van der Waals surface area contributed by atoms with E-state index in [-0.39, 0.29) is 18.5 Å². The molecule has 0 atom stereocenters. The van der Waals surface area contributed by atoms with Crippen molar-refractivity contribution in [2.24, 2.45) is 0 Å². The lowest BCUT2D eigenvalue weighted by atomic mass is 10.2. The van der Waals surface area contributed by atoms with E-state index in [4.69, 9.17) is 16.0 Å². The second-order valence-corrected chi connectivity index (χ2v) is 7.75. The maximum atomic E-state index is 12.7. The van der Waals surface area contributed by atoms with Crippen molar-refractivity contribution in [1.29, 1.82) is 0 Å². The number of rotatable bonds is 6. The van der Waals surface area contributed by atoms with Crippen LogP contribution in [0.4, 0.5) is 0 Å². The molecule has 28 heavy (non-hydrogen) atoms. The number of hydrogen-bond acceptors (Lipinski definition) is 4. The first kappa shape index (κ1) is 20.3. The standard InChI is InChI=1S/C21H19BrClN3O2/c1-14(2)26(20(27)11-10-15-6-5-7-16(22)12-15)13-19-24-25-21(28-19)17-8-3-4-9-18(17)23/h3-12,14H,13H2,1-2H3/b11-10+. The van der Waals surface area contributed by atoms with Gasteiger partial charge in [0, 0.05) is 16.6 Å². The van der Waals surface area contributed by atoms with Crippen molar-refractivity contribution < 1.29 is 9.21 Å². The maximum absolute atomic E-state index is 12.7. The summed E-state index contributed by atoms with van der Waals surface area (Å²) in [5, 5.41) is 8.66. The third-order valence-electron chi connectivity index (χ3n) is 4.05. The molecular formula is C21H19BrClN3O2. The SMILES string of the molecule is CC(C)N(Cc1nnc(-c2ccccc2Cl)o1)C(=O)/C=C/c1cccc(Br)c1. The van der Waals surface area contributed by atoms with Crippen molar-refractivity contribution in [2.45, 2.75) is 26.4 Å². The minimum absolute atomic E-state index is 0.0321. The Morgan fingerprint density at radius 3 is 2.71 bits per heavy atom. The molecule has 0 unspecified atom stereocenters. The van der Waals surface area contributed by atoms with Gasteiger partial charge in [0.25, 0.3) is 0 Å². The average molecular weight is 461 g/mol. The van der Waals surface area contributed by atoms with Crippen LogP contribution < -0.4 is 0 Å². The minimum Gasteiger partial charge on any atom is -0.419 e. The smallest absolute Gasteiger partial charge is 0.249 e. The molecule has 1 aromatic heterocycles. The Bertz CT molecular complexity index is 1000. The van der Waals surface area contributed by atoms with E-state index in [2.05, 4.69) is 26.1 Å². The Morgan fingerprint density at radius 1 is 1.21 bits per heavy atom. The molecule has 0 N–H and O–H groups in total. The third-order valence-corrected chi connectivity index (χ3v) is 4.87. The van der Waals surface area contributed by atoms with Crippen molar-refractivity contribution in [3.8, 4) is 11.5 Å². The molecule has 0 aliphatic heterocycles. The van der Waals surface area contributed by atoms with Gasteiger partial charge in [-0.15, -0.1) is 10.2 Å². The quantitative estimate of drug-likeness (QED) is 0.449. The summed E-state index contributed by atoms with van der Waals surface area (Å²) < 4.78 is 6.69. The molecule has 0 spiro atoms. The van der Waals surface area contributed by atoms with Gasteiger partial charge in [0.1, 0.15) is 0 Å². The highest BCUT2D eigenvalue weighted by Crippen LogP contribution is 2.26. The van der Waals surface area contributed by atoms with Gasteiger partial charge in [0.2, 0.25) is 17.7 Å². The molecule has 1 amide bonds. The van der Waals surface area contributed by atoms with Crippen molar-refractivity contribution in [3.05, 3.63) is 75.6 Å². The van der Waals surface area contributed by atoms with Crippen LogP contribution in [0.25, 0.3) is 17.5 Å². The summed E-state index contributed by atoms with van der Waals surface area (Å²) in [7, 11) is 0. The summed E-state index contributed by atoms with van der Waals surface area (Å²) in [4.78, 5) is 14.4. The maximum Gasteiger partial charge on any atom is 0.249 e. The highest BCUT2D eigenvalue weighted by Gasteiger charge is 2.19. The molecular weight excluding hydrogens is 442 g/mol. The fourth-order valence-electron chi connectivity index (χ4n) is 2.60. The van der Waals surface area contributed by atoms with Crippen LogP contribution in [-0.2, 0) is 11.3 Å². The largest absolute Gasteiger partial charge is 0.419 e. The van der Waals surface area contributed by atoms with E-state index in [9.17, 15) is 4.79 Å². The number of benzene rings is 2. The Balaban J connectivity index is 1.75. The highest BCUT2D eigenvalue weighted by molar-refractivity contribution is 9.10. The van der Waals surface area contributed by atoms with Gasteiger partial charge in [0.05, 0.1) is 17.1 Å². The molecule has 3 rings (SSSR count). The fraction of sp³-hybridized carbons (Fsp3) is 0.190. The van der Waals surface area contributed by atoms with Crippen LogP contribution in [0.2, 0.25) is 5.02 Å². The van der Waals surface area contributed by atoms with Crippen molar-refractivity contribution >= 4 is 39.5 Å². The lowest BCUT2D eigenvalue weighted by molar-refractivity contribution is -0.128. The van der Waals surface area contributed by atoms with Gasteiger partial charge in [-0.25, -0.2) is 0 Å². The molecule has 2 aromatic carbocycles. The van der Waals surface area contributed by atoms with Crippen LogP contribution in [0.1, 0.15) is 25.3 Å². The van der Waals surface area contributed by atoms with Crippen molar-refractivity contribution in [3.63, 3.8) is 0 Å². The molecule has 144 valence electrons. The molecule has 1 heterocycles. The zero-order valence-electron chi connectivity index (χ0n) is 15.5. The molecule has 0 aliphatic carbocycles. The van der Waals surface area contributed by atoms with Gasteiger partial charge in [-0.05, 0) is 49.8 Å². The summed E-state index contributed by atoms with van der Waals surface area (Å²) in [6.45, 7) is 4.10. The monoisotopic (exact) mass is 459 g/mol. The van der Waals surface area contributed by atoms with Crippen molar-refractivity contribution in [2.75, 3.05) is 0 Å². The first-order valence-electron chi connectivity index (χ1n) is 8.75. The van der Waals surface area contributed by atoms with Gasteiger partial charge in [-0.2, -0.15) is 0 Å². The van der Waals surface area contributed by atoms with E-state index < -0.39 is 0 Å². The fourth-order valence-corrected chi connectivity index (χ4v) is 3.23. The molecule has 0 fully saturated rings. The van der Waals surface area contributed by atoms with Crippen LogP contribution in [-0.4, -0.2) is 27.0 Å². The topological polar surface area (TPSA) is 59.2 Å². The number of amides is 1. The van der Waals surface area contributed by atoms with Crippen molar-refractivity contribution in [1.82, 2.24) is 15.1 Å². The molecule has 0 bridgehead atoms. The second-order valence-electron chi connectivity index (χ2n) is 6.43. The third kappa shape index (κ3) is 5.09. The molecule has 5 nitrogen and oxygen atoms in total. The number of carbonyl (C=O) groups is 1. The first-order valence-corrected chi connectivity index (χ1v) is 9.92. The second kappa shape index (κ2) is 9.17. The summed E-state index contributed by atoms with van der Waals surface area (Å²) in [5.74, 6) is 0.557. The predicted molar refractivity (Wildman–Crippen MR) is 114 cm³/mol. The Labute approximate surface area is 177 Å². The van der Waals surface area contributed by atoms with E-state index in [0.29, 0.717) is 22.4 Å². The number of hydrogen-bond donors (Lipinski definition) is 0. The van der Waals surface area contributed by atoms with E-state index in [1.807, 2.05) is 56.3 Å². The van der Waals surface area contributed by atoms with E-state index in [0.717, 1.165) is 10.0 Å². The molecule has 0 aliphatic rings. The molecule has 0 saturated carbocycles. The summed E-state index contributed by atoms with van der Waals surface area (Å²) in [5.41, 5.74) is 1.60. The average Bonchev–Trinajstić information content (AvgIpc) is 3.13. The van der Waals surface area contributed by atoms with E-state index in [1.165, 1.54) is 0 Å². The van der Waals surface area contributed by atoms with E-state index >= 15 is 0 Å². The molecule has 0 radical (unpaired) electrons. The first-order chi connectivity index (χ1) is 13.4. The van der Waals surface area contributed by atoms with Gasteiger partial charge in [-0.3, -0.25) is 4.79 Å². The highest BCUT2D eigenvalue weighted by atomic mass is 79.9. The number of nitrogens with zero attached hydrogens (tertiary/aromatic N) is 3. The van der Waals surface area contributed by atoms with Crippen LogP contribution in [0, 0.1) is 0 Å². The summed E-state index contributed by atoms with van der Waals surface area (Å²) in [6, 6.07) is 15.0. The van der Waals surface area contributed by atoms with Gasteiger partial charge in [-0.1, -0.05) is 51.8 Å². The Hall–Kier alpha value is -2.44. The van der Waals surface area contributed by atoms with Crippen LogP contribution >= 0.6 is 27.5 Å². The molecule has 7 heteroatoms. The normalized spacial score (nSPS) is 11.3. The van der Waals surface area contributed by atoms with Gasteiger partial charge in [0.15, 0.2) is 0 Å². The van der Waals surface area contributed by atoms with Crippen LogP contribution in [0.3, 0.4) is 0 Å². The zero-order chi connectivity index (χ0) is 20.1. The predicted octanol–water partition coefficient (Wildman–Crippen LogP) is 5.60.